The first-order valence-corrected chi connectivity index (χ1v) is 14.6. The third kappa shape index (κ3) is 4.57. The van der Waals surface area contributed by atoms with Crippen molar-refractivity contribution in [1.29, 1.82) is 0 Å². The third-order valence-electron chi connectivity index (χ3n) is 6.13. The zero-order valence-electron chi connectivity index (χ0n) is 20.1. The highest BCUT2D eigenvalue weighted by Gasteiger charge is 2.25. The Labute approximate surface area is 230 Å². The number of halogens is 1. The molecular weight excluding hydrogens is 544 g/mol. The van der Waals surface area contributed by atoms with Crippen molar-refractivity contribution in [3.63, 3.8) is 0 Å². The second kappa shape index (κ2) is 9.98. The molecule has 0 N–H and O–H groups in total. The molecule has 6 nitrogen and oxygen atoms in total. The summed E-state index contributed by atoms with van der Waals surface area (Å²) in [5.41, 5.74) is 2.89. The van der Waals surface area contributed by atoms with E-state index in [0.717, 1.165) is 46.8 Å². The lowest BCUT2D eigenvalue weighted by atomic mass is 10.1. The van der Waals surface area contributed by atoms with Crippen LogP contribution in [0.15, 0.2) is 80.4 Å². The standard InChI is InChI=1S/C27H22ClN4O2S3/c1-3-32-24(37-25(26(32)33)27-30(2)21-13-18(28)9-10-22(21)36-27)15-23-31(11-12-35-23)16-19-14-20(29-34-19)17-7-5-4-6-8-17/h4-15H,3,16H2,1-2H3/q+1. The quantitative estimate of drug-likeness (QED) is 0.287. The fourth-order valence-corrected chi connectivity index (χ4v) is 7.72. The molecule has 1 aliphatic rings. The van der Waals surface area contributed by atoms with Gasteiger partial charge in [0, 0.05) is 35.1 Å². The maximum absolute atomic E-state index is 13.5. The Bertz CT molecular complexity index is 1790. The van der Waals surface area contributed by atoms with Gasteiger partial charge in [0.05, 0.1) is 17.1 Å². The molecule has 0 atom stereocenters. The van der Waals surface area contributed by atoms with Crippen LogP contribution in [-0.2, 0) is 13.1 Å². The largest absolute Gasteiger partial charge is 0.354 e. The second-order valence-electron chi connectivity index (χ2n) is 8.46. The van der Waals surface area contributed by atoms with Crippen LogP contribution in [0.4, 0.5) is 5.69 Å². The minimum absolute atomic E-state index is 0.0258. The van der Waals surface area contributed by atoms with Crippen LogP contribution in [0.3, 0.4) is 0 Å². The van der Waals surface area contributed by atoms with E-state index in [0.29, 0.717) is 18.1 Å². The Morgan fingerprint density at radius 1 is 1.16 bits per heavy atom. The van der Waals surface area contributed by atoms with Crippen LogP contribution in [-0.4, -0.2) is 16.8 Å². The van der Waals surface area contributed by atoms with Gasteiger partial charge in [-0.2, -0.15) is 4.57 Å². The summed E-state index contributed by atoms with van der Waals surface area (Å²) in [4.78, 5) is 16.6. The molecule has 0 fully saturated rings. The monoisotopic (exact) mass is 565 g/mol. The van der Waals surface area contributed by atoms with Gasteiger partial charge >= 0.3 is 0 Å². The molecule has 0 saturated carbocycles. The Hall–Kier alpha value is -3.11. The van der Waals surface area contributed by atoms with E-state index in [1.807, 2.05) is 84.7 Å². The number of fused-ring (bicyclic) bond motifs is 1. The SMILES string of the molecule is CCn1c(=Cc2scc[n+]2Cc2cc(-c3ccccc3)no2)sc(=C2Sc3ccc(Cl)cc3N2C)c1=O. The van der Waals surface area contributed by atoms with Crippen molar-refractivity contribution >= 4 is 62.8 Å². The van der Waals surface area contributed by atoms with Crippen LogP contribution in [0, 0.1) is 0 Å². The average Bonchev–Trinajstić information content (AvgIpc) is 3.68. The van der Waals surface area contributed by atoms with Gasteiger partial charge in [0.15, 0.2) is 6.20 Å². The molecular formula is C27H22ClN4O2S3+. The lowest BCUT2D eigenvalue weighted by Crippen LogP contribution is -2.36. The number of benzene rings is 2. The summed E-state index contributed by atoms with van der Waals surface area (Å²) >= 11 is 11.0. The highest BCUT2D eigenvalue weighted by molar-refractivity contribution is 8.08. The summed E-state index contributed by atoms with van der Waals surface area (Å²) < 4.78 is 11.2. The number of hydrogen-bond donors (Lipinski definition) is 0. The van der Waals surface area contributed by atoms with Crippen LogP contribution in [0.1, 0.15) is 17.7 Å². The molecule has 1 aliphatic heterocycles. The van der Waals surface area contributed by atoms with Gasteiger partial charge in [0.25, 0.3) is 10.6 Å². The predicted molar refractivity (Wildman–Crippen MR) is 152 cm³/mol. The Morgan fingerprint density at radius 2 is 2.00 bits per heavy atom. The molecule has 0 saturated heterocycles. The Balaban J connectivity index is 1.37. The molecule has 10 heteroatoms. The van der Waals surface area contributed by atoms with Crippen LogP contribution >= 0.6 is 46.0 Å². The van der Waals surface area contributed by atoms with E-state index in [4.69, 9.17) is 16.1 Å². The van der Waals surface area contributed by atoms with Crippen LogP contribution in [0.25, 0.3) is 22.4 Å². The second-order valence-corrected chi connectivity index (χ2v) is 11.9. The van der Waals surface area contributed by atoms with E-state index in [9.17, 15) is 4.79 Å². The summed E-state index contributed by atoms with van der Waals surface area (Å²) in [5.74, 6) is 0.771. The lowest BCUT2D eigenvalue weighted by molar-refractivity contribution is -0.687. The third-order valence-corrected chi connectivity index (χ3v) is 9.70. The van der Waals surface area contributed by atoms with Gasteiger partial charge in [-0.25, -0.2) is 0 Å². The van der Waals surface area contributed by atoms with Crippen LogP contribution in [0.2, 0.25) is 5.02 Å². The Morgan fingerprint density at radius 3 is 2.81 bits per heavy atom. The zero-order valence-corrected chi connectivity index (χ0v) is 23.3. The van der Waals surface area contributed by atoms with Crippen molar-refractivity contribution in [3.8, 4) is 11.3 Å². The summed E-state index contributed by atoms with van der Waals surface area (Å²) in [6, 6.07) is 17.8. The van der Waals surface area contributed by atoms with Crippen molar-refractivity contribution in [2.24, 2.45) is 0 Å². The average molecular weight is 566 g/mol. The van der Waals surface area contributed by atoms with Crippen molar-refractivity contribution in [3.05, 3.63) is 102 Å². The molecule has 6 rings (SSSR count). The summed E-state index contributed by atoms with van der Waals surface area (Å²) in [7, 11) is 1.98. The number of hydrogen-bond acceptors (Lipinski definition) is 7. The van der Waals surface area contributed by atoms with Crippen molar-refractivity contribution in [2.75, 3.05) is 11.9 Å². The van der Waals surface area contributed by atoms with Gasteiger partial charge in [-0.05, 0) is 25.1 Å². The van der Waals surface area contributed by atoms with Gasteiger partial charge in [0.1, 0.15) is 19.9 Å². The Kier molecular flexibility index (Phi) is 6.54. The summed E-state index contributed by atoms with van der Waals surface area (Å²) in [5, 5.41) is 8.93. The van der Waals surface area contributed by atoms with Crippen molar-refractivity contribution in [2.45, 2.75) is 24.9 Å². The summed E-state index contributed by atoms with van der Waals surface area (Å²) in [6.45, 7) is 3.15. The first-order valence-electron chi connectivity index (χ1n) is 11.7. The van der Waals surface area contributed by atoms with Gasteiger partial charge in [-0.3, -0.25) is 9.36 Å². The van der Waals surface area contributed by atoms with Crippen molar-refractivity contribution < 1.29 is 9.09 Å². The molecule has 5 aromatic rings. The van der Waals surface area contributed by atoms with Gasteiger partial charge in [0.2, 0.25) is 12.3 Å². The highest BCUT2D eigenvalue weighted by Crippen LogP contribution is 2.46. The van der Waals surface area contributed by atoms with Gasteiger partial charge in [-0.15, -0.1) is 11.3 Å². The fraction of sp³-hybridized carbons (Fsp3) is 0.148. The molecule has 37 heavy (non-hydrogen) atoms. The van der Waals surface area contributed by atoms with E-state index in [-0.39, 0.29) is 5.56 Å². The molecule has 0 bridgehead atoms. The number of thiazole rings is 2. The van der Waals surface area contributed by atoms with Crippen molar-refractivity contribution in [1.82, 2.24) is 9.72 Å². The smallest absolute Gasteiger partial charge is 0.271 e. The summed E-state index contributed by atoms with van der Waals surface area (Å²) in [6.07, 6.45) is 4.11. The van der Waals surface area contributed by atoms with Crippen LogP contribution < -0.4 is 24.2 Å². The zero-order chi connectivity index (χ0) is 25.5. The van der Waals surface area contributed by atoms with E-state index < -0.39 is 0 Å². The number of nitrogens with zero attached hydrogens (tertiary/aromatic N) is 4. The maximum Gasteiger partial charge on any atom is 0.271 e. The fourth-order valence-electron chi connectivity index (χ4n) is 4.26. The number of thioether (sulfide) groups is 1. The molecule has 186 valence electrons. The van der Waals surface area contributed by atoms with E-state index in [2.05, 4.69) is 20.7 Å². The van der Waals surface area contributed by atoms with Crippen LogP contribution in [0.5, 0.6) is 0 Å². The van der Waals surface area contributed by atoms with E-state index in [1.54, 1.807) is 23.1 Å². The number of rotatable bonds is 5. The molecule has 3 aromatic heterocycles. The molecule has 0 radical (unpaired) electrons. The molecule has 4 heterocycles. The normalized spacial score (nSPS) is 15.0. The number of anilines is 1. The van der Waals surface area contributed by atoms with E-state index >= 15 is 0 Å². The first-order chi connectivity index (χ1) is 18.0. The minimum atomic E-state index is 0.0258. The number of aromatic nitrogens is 3. The maximum atomic E-state index is 13.5. The first kappa shape index (κ1) is 24.2. The van der Waals surface area contributed by atoms with Gasteiger partial charge in [-0.1, -0.05) is 70.2 Å². The minimum Gasteiger partial charge on any atom is -0.354 e. The van der Waals surface area contributed by atoms with E-state index in [1.165, 1.54) is 11.3 Å². The predicted octanol–water partition coefficient (Wildman–Crippen LogP) is 4.77. The van der Waals surface area contributed by atoms with Gasteiger partial charge < -0.3 is 9.42 Å². The topological polar surface area (TPSA) is 55.2 Å². The molecule has 0 unspecified atom stereocenters. The molecule has 0 spiro atoms. The molecule has 0 amide bonds. The lowest BCUT2D eigenvalue weighted by Gasteiger charge is -2.12. The molecule has 0 aliphatic carbocycles. The highest BCUT2D eigenvalue weighted by atomic mass is 35.5. The molecule has 2 aromatic carbocycles.